The average molecular weight is 281 g/mol. The van der Waals surface area contributed by atoms with E-state index in [-0.39, 0.29) is 11.9 Å². The Balaban J connectivity index is 2.59. The lowest BCUT2D eigenvalue weighted by Crippen LogP contribution is -2.32. The van der Waals surface area contributed by atoms with Crippen LogP contribution in [-0.4, -0.2) is 35.1 Å². The first-order chi connectivity index (χ1) is 9.60. The molecule has 0 aliphatic heterocycles. The molecule has 0 saturated carbocycles. The summed E-state index contributed by atoms with van der Waals surface area (Å²) in [7, 11) is 0. The molecule has 0 fully saturated rings. The number of hydrogen-bond acceptors (Lipinski definition) is 4. The van der Waals surface area contributed by atoms with E-state index in [2.05, 4.69) is 29.2 Å². The summed E-state index contributed by atoms with van der Waals surface area (Å²) in [6.45, 7) is 11.1. The molecule has 5 nitrogen and oxygen atoms in total. The van der Waals surface area contributed by atoms with Crippen LogP contribution in [0.2, 0.25) is 0 Å². The van der Waals surface area contributed by atoms with Crippen LogP contribution in [0.4, 0.5) is 0 Å². The van der Waals surface area contributed by atoms with E-state index in [9.17, 15) is 4.79 Å². The summed E-state index contributed by atoms with van der Waals surface area (Å²) in [6.07, 6.45) is 3.11. The minimum Gasteiger partial charge on any atom is -0.359 e. The first-order valence-corrected chi connectivity index (χ1v) is 7.59. The second-order valence-electron chi connectivity index (χ2n) is 5.24. The average Bonchev–Trinajstić information content (AvgIpc) is 2.87. The summed E-state index contributed by atoms with van der Waals surface area (Å²) in [6, 6.07) is 1.90. The molecule has 1 rings (SSSR count). The maximum absolute atomic E-state index is 11.9. The molecule has 0 aliphatic rings. The number of aromatic nitrogens is 1. The van der Waals surface area contributed by atoms with Gasteiger partial charge in [0.1, 0.15) is 0 Å². The number of hydrogen-bond donors (Lipinski definition) is 1. The molecule has 0 saturated heterocycles. The highest BCUT2D eigenvalue weighted by molar-refractivity contribution is 5.92. The maximum atomic E-state index is 11.9. The Bertz CT molecular complexity index is 398. The minimum absolute atomic E-state index is 0.152. The van der Waals surface area contributed by atoms with Crippen molar-refractivity contribution in [2.24, 2.45) is 0 Å². The molecule has 0 aromatic carbocycles. The third-order valence-corrected chi connectivity index (χ3v) is 3.24. The molecule has 1 atom stereocenters. The normalized spacial score (nSPS) is 12.7. The van der Waals surface area contributed by atoms with Crippen molar-refractivity contribution >= 4 is 5.91 Å². The van der Waals surface area contributed by atoms with Crippen LogP contribution < -0.4 is 5.32 Å². The number of rotatable bonds is 9. The maximum Gasteiger partial charge on any atom is 0.273 e. The highest BCUT2D eigenvalue weighted by atomic mass is 16.5. The van der Waals surface area contributed by atoms with E-state index >= 15 is 0 Å². The third kappa shape index (κ3) is 5.33. The van der Waals surface area contributed by atoms with Crippen LogP contribution in [0.5, 0.6) is 0 Å². The lowest BCUT2D eigenvalue weighted by molar-refractivity contribution is 0.0930. The number of carbonyl (C=O) groups is 1. The molecule has 114 valence electrons. The van der Waals surface area contributed by atoms with Gasteiger partial charge in [-0.2, -0.15) is 0 Å². The van der Waals surface area contributed by atoms with Crippen LogP contribution >= 0.6 is 0 Å². The van der Waals surface area contributed by atoms with Crippen molar-refractivity contribution < 1.29 is 9.32 Å². The van der Waals surface area contributed by atoms with E-state index < -0.39 is 0 Å². The second kappa shape index (κ2) is 8.74. The van der Waals surface area contributed by atoms with Gasteiger partial charge in [-0.3, -0.25) is 9.69 Å². The lowest BCUT2D eigenvalue weighted by Gasteiger charge is -2.18. The first-order valence-electron chi connectivity index (χ1n) is 7.59. The molecule has 20 heavy (non-hydrogen) atoms. The monoisotopic (exact) mass is 281 g/mol. The van der Waals surface area contributed by atoms with Gasteiger partial charge in [-0.15, -0.1) is 0 Å². The first kappa shape index (κ1) is 16.7. The lowest BCUT2D eigenvalue weighted by atomic mass is 10.2. The fraction of sp³-hybridized carbons (Fsp3) is 0.733. The van der Waals surface area contributed by atoms with Gasteiger partial charge in [0.15, 0.2) is 11.5 Å². The van der Waals surface area contributed by atoms with E-state index in [1.54, 1.807) is 6.07 Å². The van der Waals surface area contributed by atoms with Crippen molar-refractivity contribution in [2.45, 2.75) is 59.5 Å². The number of amides is 1. The molecule has 5 heteroatoms. The molecule has 0 aliphatic carbocycles. The second-order valence-corrected chi connectivity index (χ2v) is 5.24. The summed E-state index contributed by atoms with van der Waals surface area (Å²) < 4.78 is 5.27. The van der Waals surface area contributed by atoms with Gasteiger partial charge in [0, 0.05) is 12.1 Å². The summed E-state index contributed by atoms with van der Waals surface area (Å²) >= 11 is 0. The van der Waals surface area contributed by atoms with Crippen molar-refractivity contribution in [3.8, 4) is 0 Å². The van der Waals surface area contributed by atoms with Crippen molar-refractivity contribution in [2.75, 3.05) is 13.1 Å². The van der Waals surface area contributed by atoms with Crippen LogP contribution in [0.15, 0.2) is 10.6 Å². The zero-order valence-corrected chi connectivity index (χ0v) is 13.1. The Morgan fingerprint density at radius 1 is 1.35 bits per heavy atom. The molecule has 0 radical (unpaired) electrons. The summed E-state index contributed by atoms with van der Waals surface area (Å²) in [5.74, 6) is 0.591. The fourth-order valence-electron chi connectivity index (χ4n) is 2.02. The van der Waals surface area contributed by atoms with E-state index in [1.807, 2.05) is 13.8 Å². The zero-order valence-electron chi connectivity index (χ0n) is 13.1. The minimum atomic E-state index is -0.160. The molecule has 0 unspecified atom stereocenters. The zero-order chi connectivity index (χ0) is 15.0. The van der Waals surface area contributed by atoms with Crippen LogP contribution in [0.1, 0.15) is 63.2 Å². The summed E-state index contributed by atoms with van der Waals surface area (Å²) in [4.78, 5) is 14.2. The molecule has 1 aromatic heterocycles. The van der Waals surface area contributed by atoms with Crippen LogP contribution in [0, 0.1) is 0 Å². The van der Waals surface area contributed by atoms with Gasteiger partial charge in [-0.25, -0.2) is 0 Å². The van der Waals surface area contributed by atoms with Gasteiger partial charge in [-0.05, 0) is 39.3 Å². The van der Waals surface area contributed by atoms with E-state index in [0.717, 1.165) is 38.1 Å². The topological polar surface area (TPSA) is 58.4 Å². The summed E-state index contributed by atoms with van der Waals surface area (Å²) in [5, 5.41) is 6.75. The molecular weight excluding hydrogens is 254 g/mol. The standard InChI is InChI=1S/C15H27N3O2/c1-5-8-18(9-6-2)11-13-10-14(17-20-13)15(19)16-12(4)7-3/h10,12H,5-9,11H2,1-4H3,(H,16,19)/t12-/m1/s1. The molecule has 1 amide bonds. The molecule has 1 heterocycles. The predicted molar refractivity (Wildman–Crippen MR) is 79.6 cm³/mol. The smallest absolute Gasteiger partial charge is 0.273 e. The van der Waals surface area contributed by atoms with Gasteiger partial charge >= 0.3 is 0 Å². The van der Waals surface area contributed by atoms with E-state index in [1.165, 1.54) is 0 Å². The van der Waals surface area contributed by atoms with Crippen LogP contribution in [0.25, 0.3) is 0 Å². The highest BCUT2D eigenvalue weighted by Crippen LogP contribution is 2.09. The van der Waals surface area contributed by atoms with Gasteiger partial charge < -0.3 is 9.84 Å². The number of nitrogens with one attached hydrogen (secondary N) is 1. The molecule has 1 aromatic rings. The molecule has 0 spiro atoms. The largest absolute Gasteiger partial charge is 0.359 e. The Hall–Kier alpha value is -1.36. The van der Waals surface area contributed by atoms with Gasteiger partial charge in [0.2, 0.25) is 0 Å². The number of carbonyl (C=O) groups excluding carboxylic acids is 1. The van der Waals surface area contributed by atoms with Gasteiger partial charge in [-0.1, -0.05) is 25.9 Å². The fourth-order valence-corrected chi connectivity index (χ4v) is 2.02. The van der Waals surface area contributed by atoms with Crippen molar-refractivity contribution in [3.63, 3.8) is 0 Å². The Morgan fingerprint density at radius 2 is 2.00 bits per heavy atom. The molecule has 0 bridgehead atoms. The number of nitrogens with zero attached hydrogens (tertiary/aromatic N) is 2. The van der Waals surface area contributed by atoms with Gasteiger partial charge in [0.05, 0.1) is 6.54 Å². The van der Waals surface area contributed by atoms with Gasteiger partial charge in [0.25, 0.3) is 5.91 Å². The van der Waals surface area contributed by atoms with Crippen molar-refractivity contribution in [3.05, 3.63) is 17.5 Å². The predicted octanol–water partition coefficient (Wildman–Crippen LogP) is 2.82. The third-order valence-electron chi connectivity index (χ3n) is 3.24. The molecule has 1 N–H and O–H groups in total. The Labute approximate surface area is 121 Å². The van der Waals surface area contributed by atoms with E-state index in [4.69, 9.17) is 4.52 Å². The SMILES string of the molecule is CCCN(CCC)Cc1cc(C(=O)N[C@H](C)CC)no1. The van der Waals surface area contributed by atoms with Crippen LogP contribution in [-0.2, 0) is 6.54 Å². The van der Waals surface area contributed by atoms with Crippen molar-refractivity contribution in [1.29, 1.82) is 0 Å². The highest BCUT2D eigenvalue weighted by Gasteiger charge is 2.15. The van der Waals surface area contributed by atoms with E-state index in [0.29, 0.717) is 12.2 Å². The van der Waals surface area contributed by atoms with Crippen molar-refractivity contribution in [1.82, 2.24) is 15.4 Å². The Morgan fingerprint density at radius 3 is 2.55 bits per heavy atom. The quantitative estimate of drug-likeness (QED) is 0.756. The summed E-state index contributed by atoms with van der Waals surface area (Å²) in [5.41, 5.74) is 0.369. The molecular formula is C15H27N3O2. The Kier molecular flexibility index (Phi) is 7.30. The van der Waals surface area contributed by atoms with Crippen LogP contribution in [0.3, 0.4) is 0 Å².